The third-order valence-electron chi connectivity index (χ3n) is 1.03. The summed E-state index contributed by atoms with van der Waals surface area (Å²) in [6.07, 6.45) is 3.89. The lowest BCUT2D eigenvalue weighted by Crippen LogP contribution is -2.23. The predicted octanol–water partition coefficient (Wildman–Crippen LogP) is 0.123. The van der Waals surface area contributed by atoms with E-state index in [1.54, 1.807) is 12.5 Å². The van der Waals surface area contributed by atoms with Crippen LogP contribution in [0.3, 0.4) is 0 Å². The van der Waals surface area contributed by atoms with Crippen molar-refractivity contribution < 1.29 is 4.79 Å². The summed E-state index contributed by atoms with van der Waals surface area (Å²) in [6, 6.07) is -0.522. The molecule has 0 saturated carbocycles. The fourth-order valence-corrected chi connectivity index (χ4v) is 1.26. The van der Waals surface area contributed by atoms with Gasteiger partial charge in [-0.15, -0.1) is 11.3 Å². The Morgan fingerprint density at radius 1 is 1.90 bits per heavy atom. The van der Waals surface area contributed by atoms with Gasteiger partial charge in [0.15, 0.2) is 0 Å². The minimum atomic E-state index is -0.522. The van der Waals surface area contributed by atoms with Gasteiger partial charge in [-0.1, -0.05) is 0 Å². The van der Waals surface area contributed by atoms with Gasteiger partial charge in [-0.2, -0.15) is 0 Å². The van der Waals surface area contributed by atoms with Crippen LogP contribution < -0.4 is 5.73 Å². The third kappa shape index (κ3) is 1.89. The summed E-state index contributed by atoms with van der Waals surface area (Å²) in [6.45, 7) is 0. The van der Waals surface area contributed by atoms with E-state index in [1.165, 1.54) is 11.3 Å². The molecule has 1 heterocycles. The molecular weight excluding hydrogens is 148 g/mol. The second-order valence-corrected chi connectivity index (χ2v) is 2.83. The Bertz CT molecular complexity index is 198. The van der Waals surface area contributed by atoms with Crippen molar-refractivity contribution in [2.75, 3.05) is 0 Å². The second-order valence-electron chi connectivity index (χ2n) is 1.85. The van der Waals surface area contributed by atoms with E-state index in [2.05, 4.69) is 4.98 Å². The standard InChI is InChI=1S/C6H7N2OS/c7-5(4-9)3-6-8-1-2-10-6/h1-2,5H,3,7H2/t5-/m1/s1. The van der Waals surface area contributed by atoms with E-state index in [4.69, 9.17) is 5.73 Å². The van der Waals surface area contributed by atoms with Gasteiger partial charge in [0.1, 0.15) is 0 Å². The highest BCUT2D eigenvalue weighted by molar-refractivity contribution is 7.09. The number of rotatable bonds is 3. The molecule has 0 amide bonds. The van der Waals surface area contributed by atoms with Crippen LogP contribution in [0.15, 0.2) is 11.6 Å². The Hall–Kier alpha value is -0.740. The lowest BCUT2D eigenvalue weighted by Gasteiger charge is -1.95. The Kier molecular flexibility index (Phi) is 2.53. The molecule has 1 aromatic heterocycles. The lowest BCUT2D eigenvalue weighted by atomic mass is 10.2. The maximum atomic E-state index is 9.96. The van der Waals surface area contributed by atoms with Gasteiger partial charge >= 0.3 is 0 Å². The number of thiazole rings is 1. The summed E-state index contributed by atoms with van der Waals surface area (Å²) in [5.41, 5.74) is 5.31. The molecule has 10 heavy (non-hydrogen) atoms. The fraction of sp³-hybridized carbons (Fsp3) is 0.333. The van der Waals surface area contributed by atoms with Crippen LogP contribution in [-0.2, 0) is 11.2 Å². The molecule has 1 aromatic rings. The van der Waals surface area contributed by atoms with Crippen molar-refractivity contribution in [3.63, 3.8) is 0 Å². The molecule has 0 unspecified atom stereocenters. The fourth-order valence-electron chi connectivity index (χ4n) is 0.584. The number of nitrogens with two attached hydrogens (primary N) is 1. The summed E-state index contributed by atoms with van der Waals surface area (Å²) >= 11 is 1.50. The van der Waals surface area contributed by atoms with Crippen molar-refractivity contribution in [2.45, 2.75) is 12.5 Å². The quantitative estimate of drug-likeness (QED) is 0.674. The minimum Gasteiger partial charge on any atom is -0.321 e. The largest absolute Gasteiger partial charge is 0.321 e. The molecule has 0 aromatic carbocycles. The summed E-state index contributed by atoms with van der Waals surface area (Å²) < 4.78 is 0. The molecule has 1 radical (unpaired) electrons. The van der Waals surface area contributed by atoms with Crippen LogP contribution in [0, 0.1) is 0 Å². The summed E-state index contributed by atoms with van der Waals surface area (Å²) in [5.74, 6) is 0. The molecule has 2 N–H and O–H groups in total. The number of nitrogens with zero attached hydrogens (tertiary/aromatic N) is 1. The van der Waals surface area contributed by atoms with Gasteiger partial charge in [-0.05, 0) is 0 Å². The first-order valence-electron chi connectivity index (χ1n) is 2.84. The van der Waals surface area contributed by atoms with Gasteiger partial charge in [-0.3, -0.25) is 4.79 Å². The Balaban J connectivity index is 2.47. The lowest BCUT2D eigenvalue weighted by molar-refractivity contribution is 0.540. The number of hydrogen-bond donors (Lipinski definition) is 1. The van der Waals surface area contributed by atoms with Crippen LogP contribution in [0.1, 0.15) is 5.01 Å². The van der Waals surface area contributed by atoms with Gasteiger partial charge < -0.3 is 5.73 Å². The molecule has 1 atom stereocenters. The van der Waals surface area contributed by atoms with Gasteiger partial charge in [0, 0.05) is 18.0 Å². The van der Waals surface area contributed by atoms with Crippen molar-refractivity contribution >= 4 is 17.6 Å². The highest BCUT2D eigenvalue weighted by atomic mass is 32.1. The topological polar surface area (TPSA) is 56.0 Å². The van der Waals surface area contributed by atoms with Crippen molar-refractivity contribution in [1.82, 2.24) is 4.98 Å². The van der Waals surface area contributed by atoms with E-state index >= 15 is 0 Å². The van der Waals surface area contributed by atoms with E-state index in [0.29, 0.717) is 6.42 Å². The zero-order valence-corrected chi connectivity index (χ0v) is 6.10. The maximum Gasteiger partial charge on any atom is 0.217 e. The molecule has 0 aliphatic rings. The smallest absolute Gasteiger partial charge is 0.217 e. The molecule has 3 nitrogen and oxygen atoms in total. The van der Waals surface area contributed by atoms with Crippen molar-refractivity contribution in [1.29, 1.82) is 0 Å². The second kappa shape index (κ2) is 3.43. The number of hydrogen-bond acceptors (Lipinski definition) is 4. The van der Waals surface area contributed by atoms with Crippen molar-refractivity contribution in [3.05, 3.63) is 16.6 Å². The van der Waals surface area contributed by atoms with Crippen molar-refractivity contribution in [3.8, 4) is 0 Å². The zero-order valence-electron chi connectivity index (χ0n) is 5.28. The van der Waals surface area contributed by atoms with Gasteiger partial charge in [0.05, 0.1) is 11.0 Å². The first-order chi connectivity index (χ1) is 4.83. The molecule has 4 heteroatoms. The molecule has 1 rings (SSSR count). The molecule has 0 aliphatic heterocycles. The van der Waals surface area contributed by atoms with Crippen LogP contribution in [0.4, 0.5) is 0 Å². The van der Waals surface area contributed by atoms with Crippen molar-refractivity contribution in [2.24, 2.45) is 5.73 Å². The van der Waals surface area contributed by atoms with Crippen LogP contribution in [0.5, 0.6) is 0 Å². The van der Waals surface area contributed by atoms with Crippen LogP contribution in [0.25, 0.3) is 0 Å². The number of aromatic nitrogens is 1. The summed E-state index contributed by atoms with van der Waals surface area (Å²) in [7, 11) is 0. The highest BCUT2D eigenvalue weighted by Gasteiger charge is 2.03. The predicted molar refractivity (Wildman–Crippen MR) is 39.5 cm³/mol. The molecule has 0 fully saturated rings. The van der Waals surface area contributed by atoms with E-state index in [1.807, 2.05) is 5.38 Å². The molecule has 0 aliphatic carbocycles. The summed E-state index contributed by atoms with van der Waals surface area (Å²) in [4.78, 5) is 13.9. The maximum absolute atomic E-state index is 9.96. The van der Waals surface area contributed by atoms with Gasteiger partial charge in [0.25, 0.3) is 0 Å². The van der Waals surface area contributed by atoms with E-state index in [9.17, 15) is 4.79 Å². The first-order valence-corrected chi connectivity index (χ1v) is 3.72. The molecule has 0 bridgehead atoms. The SMILES string of the molecule is N[C@@H]([C]=O)Cc1nccs1. The average Bonchev–Trinajstić information content (AvgIpc) is 2.40. The normalized spacial score (nSPS) is 12.9. The average molecular weight is 155 g/mol. The first kappa shape index (κ1) is 7.37. The van der Waals surface area contributed by atoms with E-state index in [-0.39, 0.29) is 0 Å². The van der Waals surface area contributed by atoms with Gasteiger partial charge in [-0.25, -0.2) is 4.98 Å². The highest BCUT2D eigenvalue weighted by Crippen LogP contribution is 2.04. The van der Waals surface area contributed by atoms with E-state index in [0.717, 1.165) is 5.01 Å². The van der Waals surface area contributed by atoms with Crippen LogP contribution in [-0.4, -0.2) is 17.3 Å². The van der Waals surface area contributed by atoms with Gasteiger partial charge in [0.2, 0.25) is 6.29 Å². The van der Waals surface area contributed by atoms with Crippen LogP contribution >= 0.6 is 11.3 Å². The van der Waals surface area contributed by atoms with E-state index < -0.39 is 6.04 Å². The Morgan fingerprint density at radius 3 is 3.20 bits per heavy atom. The minimum absolute atomic E-state index is 0.501. The molecule has 53 valence electrons. The third-order valence-corrected chi connectivity index (χ3v) is 1.83. The zero-order chi connectivity index (χ0) is 7.40. The van der Waals surface area contributed by atoms with Crippen LogP contribution in [0.2, 0.25) is 0 Å². The Morgan fingerprint density at radius 2 is 2.70 bits per heavy atom. The molecule has 0 spiro atoms. The summed E-state index contributed by atoms with van der Waals surface area (Å²) in [5, 5.41) is 2.74. The Labute approximate surface area is 62.9 Å². The molecule has 0 saturated heterocycles. The number of carbonyl (C=O) groups excluding carboxylic acids is 1. The molecular formula is C6H7N2OS. The monoisotopic (exact) mass is 155 g/mol.